The van der Waals surface area contributed by atoms with Gasteiger partial charge in [0, 0.05) is 22.4 Å². The average Bonchev–Trinajstić information content (AvgIpc) is 1.36. The number of carboxylic acids is 1. The first-order valence-corrected chi connectivity index (χ1v) is 1.55. The number of aliphatic carboxylic acids is 1. The van der Waals surface area contributed by atoms with Gasteiger partial charge in [-0.05, 0) is 6.92 Å². The van der Waals surface area contributed by atoms with E-state index in [1.165, 1.54) is 6.92 Å². The van der Waals surface area contributed by atoms with Crippen LogP contribution in [0.5, 0.6) is 0 Å². The van der Waals surface area contributed by atoms with Gasteiger partial charge in [0.1, 0.15) is 6.10 Å². The van der Waals surface area contributed by atoms with Crippen LogP contribution in [0, 0.1) is 0 Å². The molecule has 0 aliphatic carbocycles. The van der Waals surface area contributed by atoms with Crippen molar-refractivity contribution in [2.24, 2.45) is 0 Å². The van der Waals surface area contributed by atoms with Crippen LogP contribution in [-0.4, -0.2) is 22.3 Å². The number of aliphatic hydroxyl groups is 1. The first-order valence-electron chi connectivity index (χ1n) is 1.55. The third-order valence-electron chi connectivity index (χ3n) is 0.357. The summed E-state index contributed by atoms with van der Waals surface area (Å²) >= 11 is 0. The predicted molar refractivity (Wildman–Crippen MR) is 19.3 cm³/mol. The molecule has 3 nitrogen and oxygen atoms in total. The molecule has 1 unspecified atom stereocenters. The second kappa shape index (κ2) is 4.33. The van der Waals surface area contributed by atoms with Gasteiger partial charge in [-0.15, -0.1) is 0 Å². The van der Waals surface area contributed by atoms with Crippen molar-refractivity contribution in [2.75, 3.05) is 0 Å². The molecule has 1 radical (unpaired) electrons. The topological polar surface area (TPSA) is 57.5 Å². The monoisotopic (exact) mass is 197 g/mol. The van der Waals surface area contributed by atoms with Crippen molar-refractivity contribution in [2.45, 2.75) is 13.0 Å². The van der Waals surface area contributed by atoms with Crippen LogP contribution >= 0.6 is 0 Å². The largest absolute Gasteiger partial charge is 0.479 e. The summed E-state index contributed by atoms with van der Waals surface area (Å²) in [5.74, 6) is -1.19. The summed E-state index contributed by atoms with van der Waals surface area (Å²) in [6.45, 7) is 1.20. The molecule has 0 spiro atoms. The van der Waals surface area contributed by atoms with Gasteiger partial charge in [-0.3, -0.25) is 0 Å². The summed E-state index contributed by atoms with van der Waals surface area (Å²) in [6.07, 6.45) is -1.23. The SMILES string of the molecule is CC(O)C(=O)O.[Ag]. The molecule has 0 aromatic rings. The molecule has 2 N–H and O–H groups in total. The summed E-state index contributed by atoms with van der Waals surface area (Å²) in [6, 6.07) is 0. The van der Waals surface area contributed by atoms with Gasteiger partial charge in [0.05, 0.1) is 0 Å². The fourth-order valence-electron chi connectivity index (χ4n) is 0. The van der Waals surface area contributed by atoms with Gasteiger partial charge >= 0.3 is 5.97 Å². The Kier molecular flexibility index (Phi) is 6.32. The average molecular weight is 198 g/mol. The quantitative estimate of drug-likeness (QED) is 0.555. The minimum Gasteiger partial charge on any atom is -0.479 e. The standard InChI is InChI=1S/C3H6O3.Ag/c1-2(4)3(5)6;/h2,4H,1H3,(H,5,6);. The second-order valence-electron chi connectivity index (χ2n) is 1.01. The van der Waals surface area contributed by atoms with Crippen LogP contribution in [0.4, 0.5) is 0 Å². The molecule has 0 bridgehead atoms. The van der Waals surface area contributed by atoms with Gasteiger partial charge in [-0.25, -0.2) is 4.79 Å². The fourth-order valence-corrected chi connectivity index (χ4v) is 0. The van der Waals surface area contributed by atoms with Crippen molar-refractivity contribution >= 4 is 5.97 Å². The van der Waals surface area contributed by atoms with E-state index in [-0.39, 0.29) is 22.4 Å². The van der Waals surface area contributed by atoms with Gasteiger partial charge in [0.2, 0.25) is 0 Å². The van der Waals surface area contributed by atoms with E-state index in [0.717, 1.165) is 0 Å². The molecule has 0 saturated heterocycles. The second-order valence-corrected chi connectivity index (χ2v) is 1.01. The van der Waals surface area contributed by atoms with Gasteiger partial charge in [0.25, 0.3) is 0 Å². The van der Waals surface area contributed by atoms with Crippen molar-refractivity contribution in [3.63, 3.8) is 0 Å². The van der Waals surface area contributed by atoms with Crippen LogP contribution in [0.25, 0.3) is 0 Å². The minimum absolute atomic E-state index is 0. The number of aliphatic hydroxyl groups excluding tert-OH is 1. The maximum atomic E-state index is 9.45. The Morgan fingerprint density at radius 1 is 1.71 bits per heavy atom. The van der Waals surface area contributed by atoms with Crippen LogP contribution in [-0.2, 0) is 27.2 Å². The molecule has 0 aliphatic rings. The van der Waals surface area contributed by atoms with E-state index in [0.29, 0.717) is 0 Å². The minimum atomic E-state index is -1.23. The molecular weight excluding hydrogens is 192 g/mol. The maximum Gasteiger partial charge on any atom is 0.332 e. The van der Waals surface area contributed by atoms with E-state index in [4.69, 9.17) is 10.2 Å². The zero-order valence-electron chi connectivity index (χ0n) is 3.68. The van der Waals surface area contributed by atoms with E-state index in [2.05, 4.69) is 0 Å². The zero-order valence-corrected chi connectivity index (χ0v) is 5.16. The summed E-state index contributed by atoms with van der Waals surface area (Å²) in [5, 5.41) is 15.8. The van der Waals surface area contributed by atoms with Gasteiger partial charge in [-0.1, -0.05) is 0 Å². The zero-order chi connectivity index (χ0) is 5.15. The Bertz CT molecular complexity index is 61.2. The molecule has 0 aliphatic heterocycles. The molecule has 0 aromatic carbocycles. The number of rotatable bonds is 1. The number of carbonyl (C=O) groups is 1. The summed E-state index contributed by atoms with van der Waals surface area (Å²) in [7, 11) is 0. The fraction of sp³-hybridized carbons (Fsp3) is 0.667. The molecule has 0 saturated carbocycles. The van der Waals surface area contributed by atoms with E-state index in [9.17, 15) is 4.79 Å². The smallest absolute Gasteiger partial charge is 0.332 e. The van der Waals surface area contributed by atoms with Crippen molar-refractivity contribution in [3.05, 3.63) is 0 Å². The molecule has 0 rings (SSSR count). The van der Waals surface area contributed by atoms with E-state index in [1.54, 1.807) is 0 Å². The van der Waals surface area contributed by atoms with Crippen LogP contribution in [0.2, 0.25) is 0 Å². The summed E-state index contributed by atoms with van der Waals surface area (Å²) < 4.78 is 0. The third-order valence-corrected chi connectivity index (χ3v) is 0.357. The maximum absolute atomic E-state index is 9.45. The molecule has 47 valence electrons. The normalized spacial score (nSPS) is 11.7. The van der Waals surface area contributed by atoms with Gasteiger partial charge in [0.15, 0.2) is 0 Å². The molecule has 1 atom stereocenters. The van der Waals surface area contributed by atoms with Crippen molar-refractivity contribution in [3.8, 4) is 0 Å². The molecule has 0 aromatic heterocycles. The Balaban J connectivity index is 0. The Labute approximate surface area is 56.9 Å². The molecule has 0 heterocycles. The molecule has 0 amide bonds. The van der Waals surface area contributed by atoms with Crippen molar-refractivity contribution < 1.29 is 37.4 Å². The van der Waals surface area contributed by atoms with Crippen LogP contribution in [0.1, 0.15) is 6.92 Å². The molecule has 7 heavy (non-hydrogen) atoms. The Morgan fingerprint density at radius 2 is 1.86 bits per heavy atom. The first-order chi connectivity index (χ1) is 2.64. The van der Waals surface area contributed by atoms with Crippen molar-refractivity contribution in [1.82, 2.24) is 0 Å². The summed E-state index contributed by atoms with van der Waals surface area (Å²) in [4.78, 5) is 9.45. The predicted octanol–water partition coefficient (Wildman–Crippen LogP) is -0.551. The number of hydrogen-bond acceptors (Lipinski definition) is 2. The first kappa shape index (κ1) is 10.2. The third kappa shape index (κ3) is 6.17. The van der Waals surface area contributed by atoms with E-state index >= 15 is 0 Å². The summed E-state index contributed by atoms with van der Waals surface area (Å²) in [5.41, 5.74) is 0. The van der Waals surface area contributed by atoms with Crippen LogP contribution in [0.3, 0.4) is 0 Å². The van der Waals surface area contributed by atoms with E-state index in [1.807, 2.05) is 0 Å². The number of carboxylic acid groups (broad SMARTS) is 1. The van der Waals surface area contributed by atoms with Gasteiger partial charge < -0.3 is 10.2 Å². The molecule has 0 fully saturated rings. The molecular formula is C3H6AgO3. The molecule has 4 heteroatoms. The van der Waals surface area contributed by atoms with Crippen LogP contribution in [0.15, 0.2) is 0 Å². The Morgan fingerprint density at radius 3 is 1.86 bits per heavy atom. The van der Waals surface area contributed by atoms with Crippen molar-refractivity contribution in [1.29, 1.82) is 0 Å². The van der Waals surface area contributed by atoms with Crippen LogP contribution < -0.4 is 0 Å². The van der Waals surface area contributed by atoms with Gasteiger partial charge in [-0.2, -0.15) is 0 Å². The van der Waals surface area contributed by atoms with E-state index < -0.39 is 12.1 Å². The Hall–Kier alpha value is 0.170. The number of hydrogen-bond donors (Lipinski definition) is 2.